The zero-order valence-electron chi connectivity index (χ0n) is 11.8. The second-order valence-electron chi connectivity index (χ2n) is 5.03. The summed E-state index contributed by atoms with van der Waals surface area (Å²) in [5.41, 5.74) is -0.936. The number of hydrogen-bond acceptors (Lipinski definition) is 4. The van der Waals surface area contributed by atoms with E-state index in [1.807, 2.05) is 30.3 Å². The van der Waals surface area contributed by atoms with Gasteiger partial charge in [-0.2, -0.15) is 0 Å². The molecule has 0 amide bonds. The topological polar surface area (TPSA) is 43.4 Å². The van der Waals surface area contributed by atoms with Gasteiger partial charge in [-0.15, -0.1) is 11.8 Å². The fraction of sp³-hybridized carbons (Fsp3) is 0.500. The SMILES string of the molecule is CCOC(=O)C1(CSc2ccccc2)CCCCC1=O. The van der Waals surface area contributed by atoms with Gasteiger partial charge in [0.25, 0.3) is 0 Å². The molecule has 1 atom stereocenters. The van der Waals surface area contributed by atoms with Gasteiger partial charge in [-0.05, 0) is 31.9 Å². The largest absolute Gasteiger partial charge is 0.465 e. The Morgan fingerprint density at radius 3 is 2.70 bits per heavy atom. The first-order valence-electron chi connectivity index (χ1n) is 7.07. The third kappa shape index (κ3) is 3.23. The molecule has 0 aromatic heterocycles. The summed E-state index contributed by atoms with van der Waals surface area (Å²) >= 11 is 1.56. The molecular weight excluding hydrogens is 272 g/mol. The number of ketones is 1. The molecule has 0 spiro atoms. The van der Waals surface area contributed by atoms with Crippen LogP contribution in [0.3, 0.4) is 0 Å². The third-order valence-electron chi connectivity index (χ3n) is 3.69. The van der Waals surface area contributed by atoms with Gasteiger partial charge in [0.15, 0.2) is 5.78 Å². The Hall–Kier alpha value is -1.29. The Morgan fingerprint density at radius 2 is 2.05 bits per heavy atom. The highest BCUT2D eigenvalue weighted by atomic mass is 32.2. The van der Waals surface area contributed by atoms with Crippen molar-refractivity contribution in [1.82, 2.24) is 0 Å². The van der Waals surface area contributed by atoms with E-state index in [2.05, 4.69) is 0 Å². The van der Waals surface area contributed by atoms with Crippen molar-refractivity contribution in [3.05, 3.63) is 30.3 Å². The van der Waals surface area contributed by atoms with Gasteiger partial charge < -0.3 is 4.74 Å². The van der Waals surface area contributed by atoms with Crippen LogP contribution in [0.15, 0.2) is 35.2 Å². The summed E-state index contributed by atoms with van der Waals surface area (Å²) in [5.74, 6) is 0.188. The molecule has 3 nitrogen and oxygen atoms in total. The Morgan fingerprint density at radius 1 is 1.30 bits per heavy atom. The van der Waals surface area contributed by atoms with Crippen LogP contribution < -0.4 is 0 Å². The number of carbonyl (C=O) groups is 2. The van der Waals surface area contributed by atoms with E-state index in [1.54, 1.807) is 18.7 Å². The quantitative estimate of drug-likeness (QED) is 0.473. The Kier molecular flexibility index (Phi) is 5.24. The lowest BCUT2D eigenvalue weighted by atomic mass is 9.74. The van der Waals surface area contributed by atoms with Crippen molar-refractivity contribution in [3.8, 4) is 0 Å². The number of Topliss-reactive ketones (excluding diaryl/α,β-unsaturated/α-hetero) is 1. The van der Waals surface area contributed by atoms with Crippen LogP contribution in [0.25, 0.3) is 0 Å². The van der Waals surface area contributed by atoms with E-state index in [0.717, 1.165) is 17.7 Å². The molecule has 2 rings (SSSR count). The molecular formula is C16H20O3S. The van der Waals surface area contributed by atoms with E-state index in [-0.39, 0.29) is 11.8 Å². The summed E-state index contributed by atoms with van der Waals surface area (Å²) in [4.78, 5) is 25.7. The van der Waals surface area contributed by atoms with E-state index in [4.69, 9.17) is 4.74 Å². The van der Waals surface area contributed by atoms with Crippen molar-refractivity contribution in [3.63, 3.8) is 0 Å². The first-order valence-corrected chi connectivity index (χ1v) is 8.06. The molecule has 0 radical (unpaired) electrons. The van der Waals surface area contributed by atoms with Crippen molar-refractivity contribution in [2.75, 3.05) is 12.4 Å². The maximum absolute atomic E-state index is 12.3. The number of esters is 1. The molecule has 0 bridgehead atoms. The van der Waals surface area contributed by atoms with Crippen molar-refractivity contribution in [2.24, 2.45) is 5.41 Å². The molecule has 0 heterocycles. The lowest BCUT2D eigenvalue weighted by Crippen LogP contribution is -2.45. The minimum atomic E-state index is -0.936. The number of thioether (sulfide) groups is 1. The highest BCUT2D eigenvalue weighted by Gasteiger charge is 2.47. The monoisotopic (exact) mass is 292 g/mol. The van der Waals surface area contributed by atoms with E-state index < -0.39 is 5.41 Å². The standard InChI is InChI=1S/C16H20O3S/c1-2-19-15(18)16(11-7-6-10-14(16)17)12-20-13-8-4-3-5-9-13/h3-5,8-9H,2,6-7,10-12H2,1H3. The van der Waals surface area contributed by atoms with E-state index in [9.17, 15) is 9.59 Å². The van der Waals surface area contributed by atoms with Gasteiger partial charge in [-0.3, -0.25) is 9.59 Å². The molecule has 1 aromatic rings. The highest BCUT2D eigenvalue weighted by Crippen LogP contribution is 2.39. The van der Waals surface area contributed by atoms with Gasteiger partial charge in [0.2, 0.25) is 0 Å². The molecule has 1 aromatic carbocycles. The minimum Gasteiger partial charge on any atom is -0.465 e. The average Bonchev–Trinajstić information content (AvgIpc) is 2.48. The first-order chi connectivity index (χ1) is 9.69. The Bertz CT molecular complexity index is 472. The summed E-state index contributed by atoms with van der Waals surface area (Å²) in [6.45, 7) is 2.10. The predicted octanol–water partition coefficient (Wildman–Crippen LogP) is 3.47. The van der Waals surface area contributed by atoms with E-state index in [0.29, 0.717) is 25.2 Å². The zero-order valence-corrected chi connectivity index (χ0v) is 12.6. The van der Waals surface area contributed by atoms with Crippen molar-refractivity contribution >= 4 is 23.5 Å². The molecule has 1 unspecified atom stereocenters. The summed E-state index contributed by atoms with van der Waals surface area (Å²) < 4.78 is 5.17. The fourth-order valence-corrected chi connectivity index (χ4v) is 3.70. The normalized spacial score (nSPS) is 22.6. The van der Waals surface area contributed by atoms with Gasteiger partial charge in [0, 0.05) is 17.1 Å². The van der Waals surface area contributed by atoms with Crippen LogP contribution in [0.4, 0.5) is 0 Å². The van der Waals surface area contributed by atoms with Crippen LogP contribution in [-0.4, -0.2) is 24.1 Å². The van der Waals surface area contributed by atoms with Gasteiger partial charge >= 0.3 is 5.97 Å². The molecule has 1 aliphatic rings. The third-order valence-corrected chi connectivity index (χ3v) is 4.93. The van der Waals surface area contributed by atoms with Crippen LogP contribution >= 0.6 is 11.8 Å². The summed E-state index contributed by atoms with van der Waals surface area (Å²) in [7, 11) is 0. The van der Waals surface area contributed by atoms with Crippen molar-refractivity contribution < 1.29 is 14.3 Å². The summed E-state index contributed by atoms with van der Waals surface area (Å²) in [6.07, 6.45) is 2.91. The van der Waals surface area contributed by atoms with Crippen molar-refractivity contribution in [2.45, 2.75) is 37.5 Å². The molecule has 0 N–H and O–H groups in total. The maximum atomic E-state index is 12.3. The Balaban J connectivity index is 2.14. The molecule has 1 fully saturated rings. The lowest BCUT2D eigenvalue weighted by molar-refractivity contribution is -0.160. The average molecular weight is 292 g/mol. The van der Waals surface area contributed by atoms with Gasteiger partial charge in [0.1, 0.15) is 5.41 Å². The van der Waals surface area contributed by atoms with Gasteiger partial charge in [0.05, 0.1) is 6.61 Å². The molecule has 4 heteroatoms. The molecule has 1 saturated carbocycles. The molecule has 20 heavy (non-hydrogen) atoms. The molecule has 0 saturated heterocycles. The molecule has 108 valence electrons. The molecule has 1 aliphatic carbocycles. The summed E-state index contributed by atoms with van der Waals surface area (Å²) in [6, 6.07) is 9.87. The van der Waals surface area contributed by atoms with Crippen LogP contribution in [0, 0.1) is 5.41 Å². The van der Waals surface area contributed by atoms with Crippen LogP contribution in [0.2, 0.25) is 0 Å². The smallest absolute Gasteiger partial charge is 0.320 e. The van der Waals surface area contributed by atoms with E-state index >= 15 is 0 Å². The highest BCUT2D eigenvalue weighted by molar-refractivity contribution is 7.99. The first kappa shape index (κ1) is 15.1. The second-order valence-corrected chi connectivity index (χ2v) is 6.08. The molecule has 0 aliphatic heterocycles. The van der Waals surface area contributed by atoms with Gasteiger partial charge in [-0.25, -0.2) is 0 Å². The Labute approximate surface area is 124 Å². The number of ether oxygens (including phenoxy) is 1. The number of carbonyl (C=O) groups excluding carboxylic acids is 2. The second kappa shape index (κ2) is 6.93. The summed E-state index contributed by atoms with van der Waals surface area (Å²) in [5, 5.41) is 0. The number of hydrogen-bond donors (Lipinski definition) is 0. The van der Waals surface area contributed by atoms with Crippen LogP contribution in [0.5, 0.6) is 0 Å². The zero-order chi connectivity index (χ0) is 14.4. The minimum absolute atomic E-state index is 0.0469. The number of rotatable bonds is 5. The van der Waals surface area contributed by atoms with Gasteiger partial charge in [-0.1, -0.05) is 24.6 Å². The maximum Gasteiger partial charge on any atom is 0.320 e. The van der Waals surface area contributed by atoms with Crippen LogP contribution in [-0.2, 0) is 14.3 Å². The van der Waals surface area contributed by atoms with Crippen molar-refractivity contribution in [1.29, 1.82) is 0 Å². The lowest BCUT2D eigenvalue weighted by Gasteiger charge is -2.32. The van der Waals surface area contributed by atoms with Crippen LogP contribution in [0.1, 0.15) is 32.6 Å². The fourth-order valence-electron chi connectivity index (χ4n) is 2.51. The number of benzene rings is 1. The van der Waals surface area contributed by atoms with E-state index in [1.165, 1.54) is 0 Å². The predicted molar refractivity (Wildman–Crippen MR) is 79.7 cm³/mol.